The Balaban J connectivity index is 1.48. The molecule has 7 nitrogen and oxygen atoms in total. The lowest BCUT2D eigenvalue weighted by Crippen LogP contribution is -2.42. The minimum absolute atomic E-state index is 0.0435. The summed E-state index contributed by atoms with van der Waals surface area (Å²) in [4.78, 5) is 7.80. The zero-order valence-electron chi connectivity index (χ0n) is 14.7. The number of hydrogen-bond donors (Lipinski definition) is 2. The highest BCUT2D eigenvalue weighted by atomic mass is 16.7. The van der Waals surface area contributed by atoms with Crippen molar-refractivity contribution in [1.29, 1.82) is 0 Å². The zero-order valence-corrected chi connectivity index (χ0v) is 14.7. The molecule has 0 radical (unpaired) electrons. The molecule has 0 amide bonds. The number of aliphatic hydroxyl groups is 1. The number of nitrogens with one attached hydrogen (secondary N) is 1. The Morgan fingerprint density at radius 2 is 2.15 bits per heavy atom. The molecule has 1 aliphatic carbocycles. The van der Waals surface area contributed by atoms with Crippen LogP contribution in [-0.2, 0) is 16.5 Å². The van der Waals surface area contributed by atoms with Crippen LogP contribution in [0.15, 0.2) is 30.9 Å². The van der Waals surface area contributed by atoms with E-state index in [2.05, 4.69) is 21.1 Å². The second-order valence-electron chi connectivity index (χ2n) is 7.29. The number of aromatic nitrogens is 4. The van der Waals surface area contributed by atoms with Gasteiger partial charge in [-0.25, -0.2) is 4.98 Å². The maximum absolute atomic E-state index is 10.8. The van der Waals surface area contributed by atoms with Gasteiger partial charge in [-0.1, -0.05) is 0 Å². The van der Waals surface area contributed by atoms with Gasteiger partial charge < -0.3 is 19.6 Å². The van der Waals surface area contributed by atoms with Gasteiger partial charge in [0.05, 0.1) is 25.5 Å². The number of ether oxygens (including phenoxy) is 2. The average molecular weight is 354 g/mol. The zero-order chi connectivity index (χ0) is 17.7. The average Bonchev–Trinajstić information content (AvgIpc) is 3.35. The number of aromatic amines is 1. The molecule has 26 heavy (non-hydrogen) atoms. The Morgan fingerprint density at radius 3 is 2.88 bits per heavy atom. The molecule has 4 heterocycles. The molecule has 2 fully saturated rings. The summed E-state index contributed by atoms with van der Waals surface area (Å²) in [7, 11) is 1.91. The van der Waals surface area contributed by atoms with Gasteiger partial charge in [0.1, 0.15) is 5.65 Å². The molecule has 1 saturated heterocycles. The van der Waals surface area contributed by atoms with E-state index in [0.29, 0.717) is 19.6 Å². The fourth-order valence-corrected chi connectivity index (χ4v) is 4.30. The molecule has 2 atom stereocenters. The monoisotopic (exact) mass is 354 g/mol. The van der Waals surface area contributed by atoms with E-state index in [4.69, 9.17) is 9.47 Å². The predicted molar refractivity (Wildman–Crippen MR) is 95.5 cm³/mol. The van der Waals surface area contributed by atoms with Crippen LogP contribution >= 0.6 is 0 Å². The van der Waals surface area contributed by atoms with Crippen molar-refractivity contribution in [3.8, 4) is 11.1 Å². The van der Waals surface area contributed by atoms with Crippen molar-refractivity contribution >= 4 is 11.0 Å². The van der Waals surface area contributed by atoms with Gasteiger partial charge in [0.15, 0.2) is 5.79 Å². The van der Waals surface area contributed by atoms with Gasteiger partial charge in [-0.15, -0.1) is 0 Å². The number of aliphatic hydroxyl groups excluding tert-OH is 1. The van der Waals surface area contributed by atoms with Crippen LogP contribution in [0.4, 0.5) is 0 Å². The minimum Gasteiger partial charge on any atom is -0.392 e. The van der Waals surface area contributed by atoms with Crippen LogP contribution in [0.3, 0.4) is 0 Å². The largest absolute Gasteiger partial charge is 0.392 e. The molecule has 2 N–H and O–H groups in total. The van der Waals surface area contributed by atoms with Crippen molar-refractivity contribution in [2.75, 3.05) is 13.2 Å². The Hall–Kier alpha value is -2.22. The second kappa shape index (κ2) is 5.90. The fourth-order valence-electron chi connectivity index (χ4n) is 4.30. The third-order valence-corrected chi connectivity index (χ3v) is 5.63. The first kappa shape index (κ1) is 16.0. The van der Waals surface area contributed by atoms with Crippen LogP contribution in [-0.4, -0.2) is 50.0 Å². The van der Waals surface area contributed by atoms with Crippen molar-refractivity contribution in [2.24, 2.45) is 7.05 Å². The quantitative estimate of drug-likeness (QED) is 0.738. The third kappa shape index (κ3) is 2.55. The van der Waals surface area contributed by atoms with Crippen LogP contribution in [0.25, 0.3) is 22.2 Å². The first-order chi connectivity index (χ1) is 12.6. The number of aryl methyl sites for hydroxylation is 1. The summed E-state index contributed by atoms with van der Waals surface area (Å²) >= 11 is 0. The molecule has 7 heteroatoms. The summed E-state index contributed by atoms with van der Waals surface area (Å²) in [5.74, 6) is -0.537. The Labute approximate surface area is 151 Å². The molecule has 1 saturated carbocycles. The lowest BCUT2D eigenvalue weighted by atomic mass is 9.79. The Kier molecular flexibility index (Phi) is 3.63. The van der Waals surface area contributed by atoms with Gasteiger partial charge >= 0.3 is 0 Å². The molecule has 2 unspecified atom stereocenters. The van der Waals surface area contributed by atoms with E-state index in [-0.39, 0.29) is 5.92 Å². The number of hydrogen-bond acceptors (Lipinski definition) is 5. The molecule has 2 aliphatic rings. The maximum Gasteiger partial charge on any atom is 0.171 e. The van der Waals surface area contributed by atoms with E-state index in [9.17, 15) is 5.11 Å². The van der Waals surface area contributed by atoms with Gasteiger partial charge in [0, 0.05) is 60.9 Å². The normalized spacial score (nSPS) is 25.3. The number of nitrogens with zero attached hydrogens (tertiary/aromatic N) is 3. The molecule has 3 aromatic heterocycles. The van der Waals surface area contributed by atoms with E-state index in [1.54, 1.807) is 4.68 Å². The lowest BCUT2D eigenvalue weighted by Gasteiger charge is -2.38. The molecule has 0 aromatic carbocycles. The van der Waals surface area contributed by atoms with Gasteiger partial charge in [-0.3, -0.25) is 4.68 Å². The van der Waals surface area contributed by atoms with Crippen molar-refractivity contribution in [3.05, 3.63) is 36.4 Å². The first-order valence-corrected chi connectivity index (χ1v) is 9.06. The van der Waals surface area contributed by atoms with Gasteiger partial charge in [0.25, 0.3) is 0 Å². The van der Waals surface area contributed by atoms with Crippen molar-refractivity contribution in [1.82, 2.24) is 19.7 Å². The highest BCUT2D eigenvalue weighted by molar-refractivity contribution is 5.93. The molecule has 1 aliphatic heterocycles. The van der Waals surface area contributed by atoms with Gasteiger partial charge in [0.2, 0.25) is 0 Å². The van der Waals surface area contributed by atoms with Crippen molar-refractivity contribution < 1.29 is 14.6 Å². The van der Waals surface area contributed by atoms with Crippen LogP contribution < -0.4 is 0 Å². The highest BCUT2D eigenvalue weighted by Crippen LogP contribution is 2.43. The van der Waals surface area contributed by atoms with Crippen LogP contribution in [0.5, 0.6) is 0 Å². The number of H-pyrrole nitrogens is 1. The SMILES string of the molecule is Cn1cc(-c2c[nH]c3ncc(C4CCC5(CC4O)OCCO5)cc23)cn1. The van der Waals surface area contributed by atoms with Gasteiger partial charge in [-0.05, 0) is 18.1 Å². The molecular formula is C19H22N4O3. The summed E-state index contributed by atoms with van der Waals surface area (Å²) < 4.78 is 13.3. The molecule has 1 spiro atoms. The first-order valence-electron chi connectivity index (χ1n) is 9.06. The van der Waals surface area contributed by atoms with E-state index in [1.165, 1.54) is 0 Å². The van der Waals surface area contributed by atoms with Crippen LogP contribution in [0.2, 0.25) is 0 Å². The van der Waals surface area contributed by atoms with E-state index >= 15 is 0 Å². The molecule has 136 valence electrons. The van der Waals surface area contributed by atoms with Crippen LogP contribution in [0.1, 0.15) is 30.7 Å². The third-order valence-electron chi connectivity index (χ3n) is 5.63. The summed E-state index contributed by atoms with van der Waals surface area (Å²) in [6.07, 6.45) is 9.31. The second-order valence-corrected chi connectivity index (χ2v) is 7.29. The molecular weight excluding hydrogens is 332 g/mol. The predicted octanol–water partition coefficient (Wildman–Crippen LogP) is 2.33. The van der Waals surface area contributed by atoms with Gasteiger partial charge in [-0.2, -0.15) is 5.10 Å². The summed E-state index contributed by atoms with van der Waals surface area (Å²) in [5, 5.41) is 16.1. The highest BCUT2D eigenvalue weighted by Gasteiger charge is 2.45. The number of pyridine rings is 1. The lowest BCUT2D eigenvalue weighted by molar-refractivity contribution is -0.199. The summed E-state index contributed by atoms with van der Waals surface area (Å²) in [6, 6.07) is 2.14. The molecule has 0 bridgehead atoms. The molecule has 3 aromatic rings. The Morgan fingerprint density at radius 1 is 1.31 bits per heavy atom. The Bertz CT molecular complexity index is 941. The maximum atomic E-state index is 10.8. The van der Waals surface area contributed by atoms with Crippen molar-refractivity contribution in [2.45, 2.75) is 37.1 Å². The van der Waals surface area contributed by atoms with E-state index in [1.807, 2.05) is 31.8 Å². The smallest absolute Gasteiger partial charge is 0.171 e. The number of rotatable bonds is 2. The van der Waals surface area contributed by atoms with E-state index in [0.717, 1.165) is 40.6 Å². The number of fused-ring (bicyclic) bond motifs is 1. The topological polar surface area (TPSA) is 85.2 Å². The standard InChI is InChI=1S/C19H22N4O3/c1-23-11-13(9-22-23)16-10-21-18-15(16)6-12(8-20-18)14-2-3-19(7-17(14)24)25-4-5-26-19/h6,8-11,14,17,24H,2-5,7H2,1H3,(H,20,21). The summed E-state index contributed by atoms with van der Waals surface area (Å²) in [5.41, 5.74) is 4.03. The minimum atomic E-state index is -0.581. The fraction of sp³-hybridized carbons (Fsp3) is 0.474. The summed E-state index contributed by atoms with van der Waals surface area (Å²) in [6.45, 7) is 1.23. The van der Waals surface area contributed by atoms with Crippen molar-refractivity contribution in [3.63, 3.8) is 0 Å². The van der Waals surface area contributed by atoms with E-state index < -0.39 is 11.9 Å². The molecule has 5 rings (SSSR count). The van der Waals surface area contributed by atoms with Crippen LogP contribution in [0, 0.1) is 0 Å².